The maximum Gasteiger partial charge on any atom is 0.115 e. The lowest BCUT2D eigenvalue weighted by Crippen LogP contribution is -1.78. The summed E-state index contributed by atoms with van der Waals surface area (Å²) in [6.45, 7) is 0. The molecular formula is C14H9ClINO. The SMILES string of the molecule is O=Nc1ccc(Cl)cc1/C=C/c1ccccc1I. The molecule has 90 valence electrons. The van der Waals surface area contributed by atoms with Crippen LogP contribution in [0.15, 0.2) is 47.6 Å². The molecule has 0 aliphatic rings. The number of halogens is 2. The molecule has 0 unspecified atom stereocenters. The zero-order valence-electron chi connectivity index (χ0n) is 9.31. The molecule has 0 bridgehead atoms. The fourth-order valence-corrected chi connectivity index (χ4v) is 2.28. The molecule has 0 aliphatic heterocycles. The van der Waals surface area contributed by atoms with Crippen LogP contribution in [0.4, 0.5) is 5.69 Å². The van der Waals surface area contributed by atoms with Crippen molar-refractivity contribution in [3.05, 3.63) is 67.1 Å². The Bertz CT molecular complexity index is 610. The average molecular weight is 370 g/mol. The molecule has 0 heterocycles. The van der Waals surface area contributed by atoms with Gasteiger partial charge < -0.3 is 0 Å². The van der Waals surface area contributed by atoms with Crippen LogP contribution in [-0.2, 0) is 0 Å². The summed E-state index contributed by atoms with van der Waals surface area (Å²) in [5.41, 5.74) is 2.20. The number of benzene rings is 2. The van der Waals surface area contributed by atoms with Gasteiger partial charge in [0.2, 0.25) is 0 Å². The lowest BCUT2D eigenvalue weighted by atomic mass is 10.1. The van der Waals surface area contributed by atoms with Crippen molar-refractivity contribution in [1.82, 2.24) is 0 Å². The van der Waals surface area contributed by atoms with E-state index in [9.17, 15) is 4.91 Å². The molecule has 0 radical (unpaired) electrons. The van der Waals surface area contributed by atoms with Crippen molar-refractivity contribution in [1.29, 1.82) is 0 Å². The van der Waals surface area contributed by atoms with Gasteiger partial charge in [0.1, 0.15) is 5.69 Å². The van der Waals surface area contributed by atoms with Gasteiger partial charge >= 0.3 is 0 Å². The Morgan fingerprint density at radius 1 is 1.06 bits per heavy atom. The van der Waals surface area contributed by atoms with Crippen LogP contribution in [0.25, 0.3) is 12.2 Å². The maximum atomic E-state index is 10.7. The number of nitrogens with zero attached hydrogens (tertiary/aromatic N) is 1. The molecule has 2 rings (SSSR count). The van der Waals surface area contributed by atoms with Crippen LogP contribution >= 0.6 is 34.2 Å². The summed E-state index contributed by atoms with van der Waals surface area (Å²) >= 11 is 8.17. The first-order valence-electron chi connectivity index (χ1n) is 5.26. The normalized spacial score (nSPS) is 10.8. The lowest BCUT2D eigenvalue weighted by molar-refractivity contribution is 1.48. The van der Waals surface area contributed by atoms with Crippen molar-refractivity contribution < 1.29 is 0 Å². The van der Waals surface area contributed by atoms with Crippen molar-refractivity contribution in [2.45, 2.75) is 0 Å². The molecule has 0 spiro atoms. The highest BCUT2D eigenvalue weighted by atomic mass is 127. The third kappa shape index (κ3) is 3.17. The Morgan fingerprint density at radius 3 is 2.50 bits per heavy atom. The lowest BCUT2D eigenvalue weighted by Gasteiger charge is -2.00. The van der Waals surface area contributed by atoms with Gasteiger partial charge in [-0.25, -0.2) is 0 Å². The van der Waals surface area contributed by atoms with Gasteiger partial charge in [-0.15, -0.1) is 4.91 Å². The minimum atomic E-state index is 0.390. The molecule has 18 heavy (non-hydrogen) atoms. The Balaban J connectivity index is 2.37. The molecule has 0 saturated carbocycles. The smallest absolute Gasteiger partial charge is 0.115 e. The summed E-state index contributed by atoms with van der Waals surface area (Å²) < 4.78 is 1.15. The van der Waals surface area contributed by atoms with E-state index in [0.29, 0.717) is 10.7 Å². The molecule has 0 aromatic heterocycles. The summed E-state index contributed by atoms with van der Waals surface area (Å²) in [4.78, 5) is 10.7. The first-order valence-corrected chi connectivity index (χ1v) is 6.72. The van der Waals surface area contributed by atoms with Crippen molar-refractivity contribution in [2.24, 2.45) is 5.18 Å². The number of nitroso groups, excluding NO2 is 1. The molecule has 0 saturated heterocycles. The Morgan fingerprint density at radius 2 is 1.78 bits per heavy atom. The van der Waals surface area contributed by atoms with Crippen LogP contribution in [0.3, 0.4) is 0 Å². The highest BCUT2D eigenvalue weighted by Gasteiger charge is 2.01. The van der Waals surface area contributed by atoms with Crippen LogP contribution < -0.4 is 0 Å². The standard InChI is InChI=1S/C14H9ClINO/c15-12-7-8-14(17-18)11(9-12)6-5-10-3-1-2-4-13(10)16/h1-9H/b6-5+. The van der Waals surface area contributed by atoms with Crippen molar-refractivity contribution in [2.75, 3.05) is 0 Å². The fourth-order valence-electron chi connectivity index (χ4n) is 1.53. The molecule has 0 aliphatic carbocycles. The monoisotopic (exact) mass is 369 g/mol. The van der Waals surface area contributed by atoms with Gasteiger partial charge in [0.15, 0.2) is 0 Å². The number of hydrogen-bond donors (Lipinski definition) is 0. The highest BCUT2D eigenvalue weighted by Crippen LogP contribution is 2.25. The largest absolute Gasteiger partial charge is 0.145 e. The molecule has 0 fully saturated rings. The maximum absolute atomic E-state index is 10.7. The van der Waals surface area contributed by atoms with E-state index >= 15 is 0 Å². The number of rotatable bonds is 3. The quantitative estimate of drug-likeness (QED) is 0.398. The third-order valence-corrected chi connectivity index (χ3v) is 3.65. The molecule has 2 aromatic carbocycles. The Hall–Kier alpha value is -1.20. The van der Waals surface area contributed by atoms with Gasteiger partial charge in [-0.3, -0.25) is 0 Å². The molecule has 2 aromatic rings. The van der Waals surface area contributed by atoms with Crippen LogP contribution in [0.2, 0.25) is 5.02 Å². The Kier molecular flexibility index (Phi) is 4.49. The van der Waals surface area contributed by atoms with E-state index in [1.807, 2.05) is 36.4 Å². The third-order valence-electron chi connectivity index (χ3n) is 2.44. The number of hydrogen-bond acceptors (Lipinski definition) is 2. The molecule has 0 atom stereocenters. The van der Waals surface area contributed by atoms with E-state index in [1.54, 1.807) is 18.2 Å². The second-order valence-electron chi connectivity index (χ2n) is 3.65. The second kappa shape index (κ2) is 6.11. The van der Waals surface area contributed by atoms with E-state index in [2.05, 4.69) is 27.8 Å². The van der Waals surface area contributed by atoms with Gasteiger partial charge in [-0.05, 0) is 57.6 Å². The summed E-state index contributed by atoms with van der Waals surface area (Å²) in [6.07, 6.45) is 3.79. The average Bonchev–Trinajstić information content (AvgIpc) is 2.38. The van der Waals surface area contributed by atoms with E-state index in [1.165, 1.54) is 0 Å². The second-order valence-corrected chi connectivity index (χ2v) is 5.25. The van der Waals surface area contributed by atoms with Gasteiger partial charge in [0.05, 0.1) is 0 Å². The van der Waals surface area contributed by atoms with Crippen LogP contribution in [-0.4, -0.2) is 0 Å². The first-order chi connectivity index (χ1) is 8.70. The zero-order chi connectivity index (χ0) is 13.0. The van der Waals surface area contributed by atoms with Crippen LogP contribution in [0.5, 0.6) is 0 Å². The van der Waals surface area contributed by atoms with Gasteiger partial charge in [0.25, 0.3) is 0 Å². The van der Waals surface area contributed by atoms with E-state index in [0.717, 1.165) is 14.7 Å². The van der Waals surface area contributed by atoms with Gasteiger partial charge in [-0.2, -0.15) is 0 Å². The molecule has 2 nitrogen and oxygen atoms in total. The molecule has 0 amide bonds. The molecule has 0 N–H and O–H groups in total. The zero-order valence-corrected chi connectivity index (χ0v) is 12.2. The van der Waals surface area contributed by atoms with Gasteiger partial charge in [0, 0.05) is 14.2 Å². The summed E-state index contributed by atoms with van der Waals surface area (Å²) in [6, 6.07) is 13.0. The van der Waals surface area contributed by atoms with Crippen molar-refractivity contribution >= 4 is 52.0 Å². The van der Waals surface area contributed by atoms with Crippen LogP contribution in [0, 0.1) is 8.48 Å². The predicted molar refractivity (Wildman–Crippen MR) is 85.0 cm³/mol. The Labute approximate surface area is 124 Å². The minimum absolute atomic E-state index is 0.390. The van der Waals surface area contributed by atoms with E-state index < -0.39 is 0 Å². The summed E-state index contributed by atoms with van der Waals surface area (Å²) in [5.74, 6) is 0. The van der Waals surface area contributed by atoms with E-state index in [-0.39, 0.29) is 0 Å². The fraction of sp³-hybridized carbons (Fsp3) is 0. The minimum Gasteiger partial charge on any atom is -0.145 e. The van der Waals surface area contributed by atoms with Crippen LogP contribution in [0.1, 0.15) is 11.1 Å². The van der Waals surface area contributed by atoms with Crippen molar-refractivity contribution in [3.8, 4) is 0 Å². The molecule has 4 heteroatoms. The highest BCUT2D eigenvalue weighted by molar-refractivity contribution is 14.1. The van der Waals surface area contributed by atoms with E-state index in [4.69, 9.17) is 11.6 Å². The molecular weight excluding hydrogens is 361 g/mol. The summed E-state index contributed by atoms with van der Waals surface area (Å²) in [7, 11) is 0. The van der Waals surface area contributed by atoms with Crippen molar-refractivity contribution in [3.63, 3.8) is 0 Å². The topological polar surface area (TPSA) is 29.4 Å². The predicted octanol–water partition coefficient (Wildman–Crippen LogP) is 5.51. The summed E-state index contributed by atoms with van der Waals surface area (Å²) in [5, 5.41) is 3.57. The van der Waals surface area contributed by atoms with Gasteiger partial charge in [-0.1, -0.05) is 42.0 Å². The first kappa shape index (κ1) is 13.2.